The summed E-state index contributed by atoms with van der Waals surface area (Å²) in [6.07, 6.45) is -3.63. The minimum Gasteiger partial charge on any atom is -0.493 e. The zero-order valence-electron chi connectivity index (χ0n) is 21.0. The molecule has 4 rings (SSSR count). The molecule has 0 aliphatic carbocycles. The van der Waals surface area contributed by atoms with Gasteiger partial charge < -0.3 is 23.8 Å². The van der Waals surface area contributed by atoms with Crippen LogP contribution in [0.15, 0.2) is 54.6 Å². The van der Waals surface area contributed by atoms with Gasteiger partial charge in [0.1, 0.15) is 0 Å². The molecule has 3 aromatic carbocycles. The maximum Gasteiger partial charge on any atom is 0.416 e. The van der Waals surface area contributed by atoms with E-state index >= 15 is 0 Å². The number of rotatable bonds is 7. The number of hydrogen-bond donors (Lipinski definition) is 0. The molecule has 1 amide bonds. The number of ether oxygens (including phenoxy) is 4. The van der Waals surface area contributed by atoms with Gasteiger partial charge in [0.05, 0.1) is 40.0 Å². The van der Waals surface area contributed by atoms with Gasteiger partial charge >= 0.3 is 6.18 Å². The van der Waals surface area contributed by atoms with Crippen molar-refractivity contribution >= 4 is 5.91 Å². The molecule has 0 bridgehead atoms. The van der Waals surface area contributed by atoms with E-state index in [2.05, 4.69) is 0 Å². The Kier molecular flexibility index (Phi) is 7.52. The zero-order valence-corrected chi connectivity index (χ0v) is 21.0. The third-order valence-corrected chi connectivity index (χ3v) is 6.58. The van der Waals surface area contributed by atoms with Crippen molar-refractivity contribution in [3.8, 4) is 23.0 Å². The Hall–Kier alpha value is -3.88. The highest BCUT2D eigenvalue weighted by molar-refractivity contribution is 5.95. The Morgan fingerprint density at radius 3 is 2.16 bits per heavy atom. The maximum atomic E-state index is 13.6. The van der Waals surface area contributed by atoms with E-state index in [1.165, 1.54) is 26.4 Å². The number of carbonyl (C=O) groups excluding carboxylic acids is 1. The lowest BCUT2D eigenvalue weighted by Crippen LogP contribution is -2.41. The molecule has 0 aromatic heterocycles. The Labute approximate surface area is 213 Å². The highest BCUT2D eigenvalue weighted by Gasteiger charge is 2.35. The number of methoxy groups -OCH3 is 4. The van der Waals surface area contributed by atoms with E-state index in [0.29, 0.717) is 42.4 Å². The van der Waals surface area contributed by atoms with E-state index in [9.17, 15) is 18.0 Å². The SMILES string of the molecule is COc1ccc(C[C@@H]2c3cc(OC)c(OC)cc3CCN2C(=O)c2cccc(C(F)(F)F)c2)cc1OC. The van der Waals surface area contributed by atoms with Crippen molar-refractivity contribution in [2.75, 3.05) is 35.0 Å². The van der Waals surface area contributed by atoms with Crippen molar-refractivity contribution in [2.45, 2.75) is 25.1 Å². The molecule has 0 N–H and O–H groups in total. The van der Waals surface area contributed by atoms with Crippen molar-refractivity contribution in [1.82, 2.24) is 4.90 Å². The summed E-state index contributed by atoms with van der Waals surface area (Å²) in [5, 5.41) is 0. The van der Waals surface area contributed by atoms with Crippen LogP contribution < -0.4 is 18.9 Å². The van der Waals surface area contributed by atoms with Crippen molar-refractivity contribution in [2.24, 2.45) is 0 Å². The molecule has 0 radical (unpaired) electrons. The Morgan fingerprint density at radius 2 is 1.51 bits per heavy atom. The van der Waals surface area contributed by atoms with Gasteiger partial charge in [-0.2, -0.15) is 13.2 Å². The number of carbonyl (C=O) groups is 1. The number of fused-ring (bicyclic) bond motifs is 1. The first kappa shape index (κ1) is 26.2. The molecule has 0 spiro atoms. The molecule has 9 heteroatoms. The summed E-state index contributed by atoms with van der Waals surface area (Å²) in [6, 6.07) is 13.3. The van der Waals surface area contributed by atoms with E-state index in [-0.39, 0.29) is 5.56 Å². The van der Waals surface area contributed by atoms with Crippen molar-refractivity contribution in [3.63, 3.8) is 0 Å². The third kappa shape index (κ3) is 5.30. The fraction of sp³-hybridized carbons (Fsp3) is 0.321. The highest BCUT2D eigenvalue weighted by Crippen LogP contribution is 2.41. The first-order chi connectivity index (χ1) is 17.7. The van der Waals surface area contributed by atoms with E-state index in [1.54, 1.807) is 25.2 Å². The second kappa shape index (κ2) is 10.6. The van der Waals surface area contributed by atoms with Crippen LogP contribution in [0.25, 0.3) is 0 Å². The Balaban J connectivity index is 1.79. The van der Waals surface area contributed by atoms with Crippen LogP contribution >= 0.6 is 0 Å². The normalized spacial score (nSPS) is 15.1. The lowest BCUT2D eigenvalue weighted by atomic mass is 9.87. The molecule has 1 aliphatic heterocycles. The van der Waals surface area contributed by atoms with Gasteiger partial charge in [-0.25, -0.2) is 0 Å². The number of alkyl halides is 3. The predicted molar refractivity (Wildman–Crippen MR) is 132 cm³/mol. The molecule has 1 aliphatic rings. The van der Waals surface area contributed by atoms with Gasteiger partial charge in [-0.3, -0.25) is 4.79 Å². The van der Waals surface area contributed by atoms with Gasteiger partial charge in [-0.05, 0) is 72.0 Å². The molecule has 1 atom stereocenters. The molecule has 1 heterocycles. The van der Waals surface area contributed by atoms with Crippen LogP contribution in [-0.4, -0.2) is 45.8 Å². The second-order valence-corrected chi connectivity index (χ2v) is 8.64. The summed E-state index contributed by atoms with van der Waals surface area (Å²) in [7, 11) is 6.17. The van der Waals surface area contributed by atoms with Gasteiger partial charge in [-0.15, -0.1) is 0 Å². The molecule has 3 aromatic rings. The average Bonchev–Trinajstić information content (AvgIpc) is 2.91. The van der Waals surface area contributed by atoms with Crippen molar-refractivity contribution in [1.29, 1.82) is 0 Å². The number of nitrogens with zero attached hydrogens (tertiary/aromatic N) is 1. The van der Waals surface area contributed by atoms with Gasteiger partial charge in [-0.1, -0.05) is 12.1 Å². The van der Waals surface area contributed by atoms with Crippen LogP contribution in [0, 0.1) is 0 Å². The summed E-state index contributed by atoms with van der Waals surface area (Å²) < 4.78 is 61.8. The number of halogens is 3. The van der Waals surface area contributed by atoms with Crippen molar-refractivity contribution in [3.05, 3.63) is 82.4 Å². The molecule has 37 heavy (non-hydrogen) atoms. The van der Waals surface area contributed by atoms with Gasteiger partial charge in [0.2, 0.25) is 0 Å². The van der Waals surface area contributed by atoms with Crippen LogP contribution in [0.1, 0.15) is 38.7 Å². The molecular formula is C28H28F3NO5. The van der Waals surface area contributed by atoms with E-state index < -0.39 is 23.7 Å². The standard InChI is InChI=1S/C28H28F3NO5/c1-34-23-9-8-17(13-24(23)35-2)12-22-21-16-26(37-4)25(36-3)15-18(21)10-11-32(22)27(33)19-6-5-7-20(14-19)28(29,30)31/h5-9,13-16,22H,10-12H2,1-4H3/t22-/m1/s1. The van der Waals surface area contributed by atoms with Crippen LogP contribution in [0.3, 0.4) is 0 Å². The number of amides is 1. The molecule has 6 nitrogen and oxygen atoms in total. The predicted octanol–water partition coefficient (Wildman–Crippen LogP) is 5.72. The topological polar surface area (TPSA) is 57.2 Å². The monoisotopic (exact) mass is 515 g/mol. The van der Waals surface area contributed by atoms with Crippen molar-refractivity contribution < 1.29 is 36.9 Å². The van der Waals surface area contributed by atoms with E-state index in [1.807, 2.05) is 24.3 Å². The van der Waals surface area contributed by atoms with E-state index in [4.69, 9.17) is 18.9 Å². The molecule has 0 saturated heterocycles. The summed E-state index contributed by atoms with van der Waals surface area (Å²) in [5.74, 6) is 1.71. The Bertz CT molecular complexity index is 1290. The first-order valence-corrected chi connectivity index (χ1v) is 11.6. The molecule has 0 fully saturated rings. The molecule has 196 valence electrons. The third-order valence-electron chi connectivity index (χ3n) is 6.58. The first-order valence-electron chi connectivity index (χ1n) is 11.6. The summed E-state index contributed by atoms with van der Waals surface area (Å²) in [6.45, 7) is 0.329. The smallest absolute Gasteiger partial charge is 0.416 e. The van der Waals surface area contributed by atoms with Gasteiger partial charge in [0.25, 0.3) is 5.91 Å². The van der Waals surface area contributed by atoms with Crippen LogP contribution in [0.5, 0.6) is 23.0 Å². The minimum atomic E-state index is -4.55. The average molecular weight is 516 g/mol. The fourth-order valence-corrected chi connectivity index (χ4v) is 4.72. The van der Waals surface area contributed by atoms with Gasteiger partial charge in [0, 0.05) is 12.1 Å². The van der Waals surface area contributed by atoms with Crippen LogP contribution in [-0.2, 0) is 19.0 Å². The summed E-state index contributed by atoms with van der Waals surface area (Å²) >= 11 is 0. The van der Waals surface area contributed by atoms with Crippen LogP contribution in [0.2, 0.25) is 0 Å². The molecule has 0 unspecified atom stereocenters. The zero-order chi connectivity index (χ0) is 26.7. The second-order valence-electron chi connectivity index (χ2n) is 8.64. The lowest BCUT2D eigenvalue weighted by molar-refractivity contribution is -0.137. The maximum absolute atomic E-state index is 13.6. The number of hydrogen-bond acceptors (Lipinski definition) is 5. The molecule has 0 saturated carbocycles. The highest BCUT2D eigenvalue weighted by atomic mass is 19.4. The lowest BCUT2D eigenvalue weighted by Gasteiger charge is -2.38. The fourth-order valence-electron chi connectivity index (χ4n) is 4.72. The minimum absolute atomic E-state index is 0.0175. The molecular weight excluding hydrogens is 487 g/mol. The van der Waals surface area contributed by atoms with E-state index in [0.717, 1.165) is 28.8 Å². The van der Waals surface area contributed by atoms with Crippen LogP contribution in [0.4, 0.5) is 13.2 Å². The van der Waals surface area contributed by atoms with Gasteiger partial charge in [0.15, 0.2) is 23.0 Å². The largest absolute Gasteiger partial charge is 0.493 e. The quantitative estimate of drug-likeness (QED) is 0.403. The summed E-state index contributed by atoms with van der Waals surface area (Å²) in [5.41, 5.74) is 1.82. The summed E-state index contributed by atoms with van der Waals surface area (Å²) in [4.78, 5) is 15.3. The number of benzene rings is 3. The Morgan fingerprint density at radius 1 is 0.865 bits per heavy atom.